The van der Waals surface area contributed by atoms with Crippen molar-refractivity contribution in [2.75, 3.05) is 17.6 Å². The summed E-state index contributed by atoms with van der Waals surface area (Å²) in [5, 5.41) is 11.9. The quantitative estimate of drug-likeness (QED) is 0.268. The highest BCUT2D eigenvalue weighted by Crippen LogP contribution is 2.28. The molecule has 2 amide bonds. The van der Waals surface area contributed by atoms with Crippen LogP contribution in [-0.2, 0) is 14.8 Å². The number of hydrogen-bond donors (Lipinski definition) is 3. The fourth-order valence-corrected chi connectivity index (χ4v) is 5.48. The molecule has 1 heterocycles. The zero-order valence-corrected chi connectivity index (χ0v) is 21.3. The summed E-state index contributed by atoms with van der Waals surface area (Å²) in [5.41, 5.74) is -0.207. The summed E-state index contributed by atoms with van der Waals surface area (Å²) in [5.74, 6) is -2.37. The van der Waals surface area contributed by atoms with Crippen LogP contribution < -0.4 is 15.4 Å². The molecule has 0 aliphatic heterocycles. The van der Waals surface area contributed by atoms with Crippen molar-refractivity contribution in [1.82, 2.24) is 20.4 Å². The van der Waals surface area contributed by atoms with Gasteiger partial charge in [-0.05, 0) is 53.3 Å². The molecule has 0 bridgehead atoms. The summed E-state index contributed by atoms with van der Waals surface area (Å²) < 4.78 is 92.3. The molecule has 0 unspecified atom stereocenters. The van der Waals surface area contributed by atoms with E-state index in [0.717, 1.165) is 31.4 Å². The average Bonchev–Trinajstić information content (AvgIpc) is 3.34. The standard InChI is InChI=1S/C21H24F5N5O5S2/c22-15(23)10-37-20-17(30-36-31-20)19(33)29-16(12-4-2-1-3-5-12)18(32)28-13-6-8-14(9-7-13)38(34,35)27-11-21(24,25)26/h6-9,12,15-16,27H,1-5,10-11H2,(H,28,32)(H,29,33)/t16-/m0/s1. The predicted octanol–water partition coefficient (Wildman–Crippen LogP) is 3.58. The van der Waals surface area contributed by atoms with Crippen molar-refractivity contribution in [2.45, 2.75) is 60.7 Å². The molecule has 2 aromatic rings. The molecule has 1 fully saturated rings. The van der Waals surface area contributed by atoms with Gasteiger partial charge in [0.15, 0.2) is 5.03 Å². The van der Waals surface area contributed by atoms with E-state index in [0.29, 0.717) is 24.6 Å². The second kappa shape index (κ2) is 12.8. The van der Waals surface area contributed by atoms with Crippen LogP contribution in [0.1, 0.15) is 42.6 Å². The van der Waals surface area contributed by atoms with Gasteiger partial charge in [0.05, 0.1) is 10.6 Å². The summed E-state index contributed by atoms with van der Waals surface area (Å²) >= 11 is 0.576. The highest BCUT2D eigenvalue weighted by atomic mass is 32.2. The summed E-state index contributed by atoms with van der Waals surface area (Å²) in [6, 6.07) is 3.39. The van der Waals surface area contributed by atoms with Crippen LogP contribution in [-0.4, -0.2) is 61.5 Å². The van der Waals surface area contributed by atoms with Crippen LogP contribution in [0.25, 0.3) is 0 Å². The van der Waals surface area contributed by atoms with Crippen molar-refractivity contribution in [2.24, 2.45) is 5.92 Å². The van der Waals surface area contributed by atoms with Crippen LogP contribution in [0.2, 0.25) is 0 Å². The van der Waals surface area contributed by atoms with Gasteiger partial charge in [0.25, 0.3) is 5.91 Å². The monoisotopic (exact) mass is 585 g/mol. The molecule has 1 aromatic carbocycles. The second-order valence-electron chi connectivity index (χ2n) is 8.42. The van der Waals surface area contributed by atoms with E-state index >= 15 is 0 Å². The number of nitrogens with zero attached hydrogens (tertiary/aromatic N) is 2. The zero-order chi connectivity index (χ0) is 27.9. The number of hydrogen-bond acceptors (Lipinski definition) is 8. The van der Waals surface area contributed by atoms with Gasteiger partial charge in [-0.15, -0.1) is 0 Å². The maximum absolute atomic E-state index is 13.2. The predicted molar refractivity (Wildman–Crippen MR) is 125 cm³/mol. The summed E-state index contributed by atoms with van der Waals surface area (Å²) in [4.78, 5) is 25.6. The van der Waals surface area contributed by atoms with E-state index < -0.39 is 57.7 Å². The van der Waals surface area contributed by atoms with Gasteiger partial charge in [-0.25, -0.2) is 26.5 Å². The van der Waals surface area contributed by atoms with Gasteiger partial charge >= 0.3 is 6.18 Å². The Hall–Kier alpha value is -2.79. The molecule has 1 saturated carbocycles. The molecule has 0 radical (unpaired) electrons. The van der Waals surface area contributed by atoms with Crippen LogP contribution in [0.15, 0.2) is 38.8 Å². The molecule has 3 N–H and O–H groups in total. The normalized spacial score (nSPS) is 15.8. The van der Waals surface area contributed by atoms with Crippen LogP contribution in [0.3, 0.4) is 0 Å². The summed E-state index contributed by atoms with van der Waals surface area (Å²) in [6.45, 7) is -1.74. The number of anilines is 1. The molecule has 3 rings (SSSR count). The molecule has 210 valence electrons. The number of halogens is 5. The first-order chi connectivity index (χ1) is 17.9. The van der Waals surface area contributed by atoms with E-state index in [1.165, 1.54) is 16.9 Å². The van der Waals surface area contributed by atoms with E-state index in [1.807, 2.05) is 0 Å². The first-order valence-corrected chi connectivity index (χ1v) is 13.8. The van der Waals surface area contributed by atoms with Crippen molar-refractivity contribution in [1.29, 1.82) is 0 Å². The van der Waals surface area contributed by atoms with Gasteiger partial charge in [-0.2, -0.15) is 13.2 Å². The lowest BCUT2D eigenvalue weighted by Gasteiger charge is -2.29. The van der Waals surface area contributed by atoms with Gasteiger partial charge < -0.3 is 10.6 Å². The largest absolute Gasteiger partial charge is 0.402 e. The Morgan fingerprint density at radius 3 is 2.34 bits per heavy atom. The number of benzene rings is 1. The van der Waals surface area contributed by atoms with Crippen molar-refractivity contribution in [3.8, 4) is 0 Å². The third-order valence-electron chi connectivity index (χ3n) is 5.60. The van der Waals surface area contributed by atoms with E-state index in [1.54, 1.807) is 0 Å². The van der Waals surface area contributed by atoms with Gasteiger partial charge in [0.2, 0.25) is 28.0 Å². The lowest BCUT2D eigenvalue weighted by atomic mass is 9.83. The van der Waals surface area contributed by atoms with Crippen LogP contribution in [0.5, 0.6) is 0 Å². The van der Waals surface area contributed by atoms with E-state index in [9.17, 15) is 40.0 Å². The van der Waals surface area contributed by atoms with Gasteiger partial charge in [0.1, 0.15) is 12.6 Å². The van der Waals surface area contributed by atoms with Crippen molar-refractivity contribution >= 4 is 39.3 Å². The van der Waals surface area contributed by atoms with Crippen molar-refractivity contribution in [3.05, 3.63) is 30.0 Å². The Morgan fingerprint density at radius 1 is 1.08 bits per heavy atom. The Labute approximate surface area is 218 Å². The SMILES string of the molecule is O=C(N[C@H](C(=O)Nc1ccc(S(=O)(=O)NCC(F)(F)F)cc1)C1CCCCC1)c1nonc1SCC(F)F. The molecule has 1 aliphatic rings. The van der Waals surface area contributed by atoms with E-state index in [-0.39, 0.29) is 22.3 Å². The van der Waals surface area contributed by atoms with Crippen LogP contribution in [0, 0.1) is 5.92 Å². The Bertz CT molecular complexity index is 1200. The van der Waals surface area contributed by atoms with Gasteiger partial charge in [-0.3, -0.25) is 9.59 Å². The van der Waals surface area contributed by atoms with Gasteiger partial charge in [-0.1, -0.05) is 31.0 Å². The first-order valence-electron chi connectivity index (χ1n) is 11.4. The fraction of sp³-hybridized carbons (Fsp3) is 0.524. The maximum Gasteiger partial charge on any atom is 0.402 e. The minimum absolute atomic E-state index is 0.135. The van der Waals surface area contributed by atoms with E-state index in [2.05, 4.69) is 25.6 Å². The summed E-state index contributed by atoms with van der Waals surface area (Å²) in [6.07, 6.45) is -3.53. The minimum Gasteiger partial charge on any atom is -0.338 e. The number of aromatic nitrogens is 2. The molecule has 0 spiro atoms. The number of sulfonamides is 1. The number of carbonyl (C=O) groups excluding carboxylic acids is 2. The number of thioether (sulfide) groups is 1. The molecule has 1 atom stereocenters. The highest BCUT2D eigenvalue weighted by molar-refractivity contribution is 7.99. The fourth-order valence-electron chi connectivity index (χ4n) is 3.83. The maximum atomic E-state index is 13.2. The molecule has 17 heteroatoms. The third kappa shape index (κ3) is 8.62. The molecular weight excluding hydrogens is 561 g/mol. The van der Waals surface area contributed by atoms with Gasteiger partial charge in [0, 0.05) is 5.69 Å². The Kier molecular flexibility index (Phi) is 10.1. The van der Waals surface area contributed by atoms with Crippen LogP contribution >= 0.6 is 11.8 Å². The molecular formula is C21H24F5N5O5S2. The molecule has 1 aromatic heterocycles. The average molecular weight is 586 g/mol. The lowest BCUT2D eigenvalue weighted by Crippen LogP contribution is -2.49. The number of nitrogens with one attached hydrogen (secondary N) is 3. The Morgan fingerprint density at radius 2 is 1.74 bits per heavy atom. The van der Waals surface area contributed by atoms with Crippen molar-refractivity contribution in [3.63, 3.8) is 0 Å². The zero-order valence-electron chi connectivity index (χ0n) is 19.6. The molecule has 1 aliphatic carbocycles. The molecule has 10 nitrogen and oxygen atoms in total. The van der Waals surface area contributed by atoms with Crippen molar-refractivity contribution < 1.29 is 44.6 Å². The third-order valence-corrected chi connectivity index (χ3v) is 7.98. The van der Waals surface area contributed by atoms with E-state index in [4.69, 9.17) is 0 Å². The van der Waals surface area contributed by atoms with Crippen LogP contribution in [0.4, 0.5) is 27.6 Å². The number of rotatable bonds is 11. The second-order valence-corrected chi connectivity index (χ2v) is 11.2. The number of carbonyl (C=O) groups is 2. The number of amides is 2. The highest BCUT2D eigenvalue weighted by Gasteiger charge is 2.33. The Balaban J connectivity index is 1.72. The minimum atomic E-state index is -4.73. The smallest absolute Gasteiger partial charge is 0.338 e. The number of alkyl halides is 5. The lowest BCUT2D eigenvalue weighted by molar-refractivity contribution is -0.121. The summed E-state index contributed by atoms with van der Waals surface area (Å²) in [7, 11) is -4.44. The molecule has 0 saturated heterocycles. The first kappa shape index (κ1) is 29.8. The topological polar surface area (TPSA) is 143 Å². The molecule has 38 heavy (non-hydrogen) atoms.